The molecule has 276 valence electrons. The third-order valence-corrected chi connectivity index (χ3v) is 9.60. The van der Waals surface area contributed by atoms with Gasteiger partial charge < -0.3 is 39.2 Å². The Bertz CT molecular complexity index is 1980. The smallest absolute Gasteiger partial charge is 0.351 e. The van der Waals surface area contributed by atoms with Crippen LogP contribution in [-0.4, -0.2) is 84.6 Å². The fourth-order valence-corrected chi connectivity index (χ4v) is 6.92. The summed E-state index contributed by atoms with van der Waals surface area (Å²) in [6, 6.07) is 32.7. The number of carbonyl (C=O) groups is 1. The van der Waals surface area contributed by atoms with Crippen molar-refractivity contribution in [1.29, 1.82) is 0 Å². The lowest BCUT2D eigenvalue weighted by Crippen LogP contribution is -2.52. The number of ether oxygens (including phenoxy) is 5. The van der Waals surface area contributed by atoms with E-state index >= 15 is 0 Å². The summed E-state index contributed by atoms with van der Waals surface area (Å²) < 4.78 is 30.1. The van der Waals surface area contributed by atoms with Crippen molar-refractivity contribution < 1.29 is 38.7 Å². The Morgan fingerprint density at radius 2 is 1.40 bits per heavy atom. The van der Waals surface area contributed by atoms with E-state index in [9.17, 15) is 19.8 Å². The first-order valence-corrected chi connectivity index (χ1v) is 17.2. The number of nitrogens with zero attached hydrogens (tertiary/aromatic N) is 2. The molecule has 5 aromatic rings. The van der Waals surface area contributed by atoms with Crippen LogP contribution in [-0.2, 0) is 19.6 Å². The van der Waals surface area contributed by atoms with E-state index in [2.05, 4.69) is 10.3 Å². The number of aromatic nitrogens is 2. The molecule has 1 aliphatic heterocycles. The Morgan fingerprint density at radius 3 is 1.94 bits per heavy atom. The molecule has 5 atom stereocenters. The van der Waals surface area contributed by atoms with Crippen LogP contribution in [0.1, 0.15) is 38.8 Å². The first-order chi connectivity index (χ1) is 25.7. The first-order valence-electron chi connectivity index (χ1n) is 17.2. The largest absolute Gasteiger partial charge is 0.497 e. The number of benzene rings is 4. The number of aliphatic hydroxyl groups excluding tert-OH is 2. The van der Waals surface area contributed by atoms with Crippen LogP contribution in [0.4, 0.5) is 5.82 Å². The van der Waals surface area contributed by atoms with Gasteiger partial charge in [-0.05, 0) is 60.0 Å². The number of rotatable bonds is 14. The first kappa shape index (κ1) is 37.4. The summed E-state index contributed by atoms with van der Waals surface area (Å²) in [4.78, 5) is 30.8. The molecule has 1 fully saturated rings. The SMILES string of the molecule is COCCO[C@@H]1[C@H](O)[C@@H](C(O)C(c2ccccc2)(c2ccc(OC)cc2)c2ccc(OC)cc2)O[C@H]1n1cc(C)c(NC(=O)c2ccccc2)nc1=O. The Morgan fingerprint density at radius 1 is 0.849 bits per heavy atom. The summed E-state index contributed by atoms with van der Waals surface area (Å²) in [5.74, 6) is 0.891. The zero-order valence-corrected chi connectivity index (χ0v) is 29.9. The quantitative estimate of drug-likeness (QED) is 0.110. The maximum atomic E-state index is 13.7. The van der Waals surface area contributed by atoms with Crippen LogP contribution < -0.4 is 20.5 Å². The van der Waals surface area contributed by atoms with Gasteiger partial charge in [-0.25, -0.2) is 4.79 Å². The second-order valence-electron chi connectivity index (χ2n) is 12.7. The number of hydrogen-bond donors (Lipinski definition) is 3. The van der Waals surface area contributed by atoms with E-state index in [4.69, 9.17) is 23.7 Å². The number of nitrogens with one attached hydrogen (secondary N) is 1. The van der Waals surface area contributed by atoms with Crippen molar-refractivity contribution in [1.82, 2.24) is 9.55 Å². The molecule has 0 radical (unpaired) electrons. The molecule has 0 aliphatic carbocycles. The molecule has 4 aromatic carbocycles. The second kappa shape index (κ2) is 16.5. The minimum Gasteiger partial charge on any atom is -0.497 e. The summed E-state index contributed by atoms with van der Waals surface area (Å²) in [5.41, 5.74) is 0.861. The van der Waals surface area contributed by atoms with E-state index in [1.54, 1.807) is 75.7 Å². The topological polar surface area (TPSA) is 151 Å². The van der Waals surface area contributed by atoms with Crippen LogP contribution >= 0.6 is 0 Å². The number of carbonyl (C=O) groups excluding carboxylic acids is 1. The van der Waals surface area contributed by atoms with Gasteiger partial charge in [0.15, 0.2) is 6.23 Å². The van der Waals surface area contributed by atoms with Crippen molar-refractivity contribution in [2.75, 3.05) is 39.9 Å². The van der Waals surface area contributed by atoms with Gasteiger partial charge in [-0.3, -0.25) is 9.36 Å². The number of aryl methyl sites for hydroxylation is 1. The van der Waals surface area contributed by atoms with E-state index in [1.165, 1.54) is 17.9 Å². The zero-order valence-electron chi connectivity index (χ0n) is 29.9. The Hall–Kier alpha value is -5.37. The number of amides is 1. The number of aliphatic hydroxyl groups is 2. The molecule has 1 aromatic heterocycles. The third kappa shape index (κ3) is 7.45. The van der Waals surface area contributed by atoms with Crippen LogP contribution in [0.3, 0.4) is 0 Å². The molecule has 3 N–H and O–H groups in total. The molecule has 1 amide bonds. The van der Waals surface area contributed by atoms with Gasteiger partial charge in [0.2, 0.25) is 0 Å². The van der Waals surface area contributed by atoms with Gasteiger partial charge in [0, 0.05) is 24.4 Å². The maximum absolute atomic E-state index is 13.7. The van der Waals surface area contributed by atoms with Crippen LogP contribution in [0.15, 0.2) is 120 Å². The molecule has 6 rings (SSSR count). The van der Waals surface area contributed by atoms with Gasteiger partial charge in [-0.2, -0.15) is 4.98 Å². The summed E-state index contributed by atoms with van der Waals surface area (Å²) in [7, 11) is 4.67. The molecule has 0 saturated carbocycles. The summed E-state index contributed by atoms with van der Waals surface area (Å²) in [6.07, 6.45) is -5.06. The highest BCUT2D eigenvalue weighted by molar-refractivity contribution is 6.04. The Kier molecular flexibility index (Phi) is 11.7. The van der Waals surface area contributed by atoms with Crippen LogP contribution in [0.5, 0.6) is 11.5 Å². The lowest BCUT2D eigenvalue weighted by molar-refractivity contribution is -0.103. The van der Waals surface area contributed by atoms with Crippen molar-refractivity contribution in [2.24, 2.45) is 0 Å². The van der Waals surface area contributed by atoms with Gasteiger partial charge in [-0.15, -0.1) is 0 Å². The second-order valence-corrected chi connectivity index (χ2v) is 12.7. The van der Waals surface area contributed by atoms with E-state index in [0.717, 1.165) is 0 Å². The molecule has 12 heteroatoms. The predicted octanol–water partition coefficient (Wildman–Crippen LogP) is 4.51. The summed E-state index contributed by atoms with van der Waals surface area (Å²) in [6.45, 7) is 1.95. The molecular formula is C41H43N3O9. The van der Waals surface area contributed by atoms with Crippen molar-refractivity contribution in [2.45, 2.75) is 43.0 Å². The van der Waals surface area contributed by atoms with Crippen LogP contribution in [0, 0.1) is 6.92 Å². The van der Waals surface area contributed by atoms with Gasteiger partial charge in [0.25, 0.3) is 5.91 Å². The highest BCUT2D eigenvalue weighted by atomic mass is 16.6. The van der Waals surface area contributed by atoms with Gasteiger partial charge in [0.05, 0.1) is 32.8 Å². The van der Waals surface area contributed by atoms with Gasteiger partial charge >= 0.3 is 5.69 Å². The third-order valence-electron chi connectivity index (χ3n) is 9.60. The molecule has 12 nitrogen and oxygen atoms in total. The highest BCUT2D eigenvalue weighted by Crippen LogP contribution is 2.47. The number of hydrogen-bond acceptors (Lipinski definition) is 10. The van der Waals surface area contributed by atoms with Gasteiger partial charge in [0.1, 0.15) is 41.7 Å². The van der Waals surface area contributed by atoms with Crippen molar-refractivity contribution in [3.8, 4) is 11.5 Å². The Balaban J connectivity index is 1.45. The minimum absolute atomic E-state index is 0.0636. The van der Waals surface area contributed by atoms with Crippen LogP contribution in [0.25, 0.3) is 0 Å². The number of methoxy groups -OCH3 is 3. The number of anilines is 1. The average Bonchev–Trinajstić information content (AvgIpc) is 3.52. The molecule has 53 heavy (non-hydrogen) atoms. The molecule has 1 aliphatic rings. The summed E-state index contributed by atoms with van der Waals surface area (Å²) >= 11 is 0. The van der Waals surface area contributed by atoms with E-state index in [1.807, 2.05) is 54.6 Å². The standard InChI is InChI=1S/C41H43N3O9/c1-26-25-44(40(48)43-37(26)42-38(47)27-11-7-5-8-12-27)39-35(52-24-23-49-2)33(45)34(53-39)36(46)41(28-13-9-6-10-14-28,29-15-19-31(50-3)20-16-29)30-17-21-32(51-4)22-18-30/h5-22,25,33-36,39,45-46H,23-24H2,1-4H3,(H,42,43,47,48)/t33-,34+,35-,36?,39-/m1/s1. The molecule has 0 bridgehead atoms. The van der Waals surface area contributed by atoms with E-state index < -0.39 is 47.7 Å². The fraction of sp³-hybridized carbons (Fsp3) is 0.293. The lowest BCUT2D eigenvalue weighted by Gasteiger charge is -2.43. The van der Waals surface area contributed by atoms with Crippen molar-refractivity contribution in [3.63, 3.8) is 0 Å². The predicted molar refractivity (Wildman–Crippen MR) is 197 cm³/mol. The highest BCUT2D eigenvalue weighted by Gasteiger charge is 2.56. The van der Waals surface area contributed by atoms with Crippen molar-refractivity contribution >= 4 is 11.7 Å². The molecule has 1 saturated heterocycles. The molecular weight excluding hydrogens is 678 g/mol. The van der Waals surface area contributed by atoms with E-state index in [-0.39, 0.29) is 19.0 Å². The lowest BCUT2D eigenvalue weighted by atomic mass is 9.64. The maximum Gasteiger partial charge on any atom is 0.351 e. The average molecular weight is 722 g/mol. The van der Waals surface area contributed by atoms with Crippen molar-refractivity contribution in [3.05, 3.63) is 154 Å². The van der Waals surface area contributed by atoms with E-state index in [0.29, 0.717) is 39.3 Å². The van der Waals surface area contributed by atoms with Crippen LogP contribution in [0.2, 0.25) is 0 Å². The molecule has 1 unspecified atom stereocenters. The summed E-state index contributed by atoms with van der Waals surface area (Å²) in [5, 5.41) is 27.7. The fourth-order valence-electron chi connectivity index (χ4n) is 6.92. The molecule has 2 heterocycles. The molecule has 0 spiro atoms. The minimum atomic E-state index is -1.46. The zero-order chi connectivity index (χ0) is 37.5. The Labute approximate surface area is 307 Å². The normalized spacial score (nSPS) is 19.1. The van der Waals surface area contributed by atoms with Gasteiger partial charge in [-0.1, -0.05) is 72.8 Å². The monoisotopic (exact) mass is 721 g/mol.